The molecule has 1 atom stereocenters. The fourth-order valence-electron chi connectivity index (χ4n) is 3.89. The summed E-state index contributed by atoms with van der Waals surface area (Å²) in [4.78, 5) is 26.0. The number of nitrogens with zero attached hydrogens (tertiary/aromatic N) is 1. The van der Waals surface area contributed by atoms with Crippen LogP contribution >= 0.6 is 0 Å². The number of hydrogen-bond acceptors (Lipinski definition) is 3. The molecule has 0 unspecified atom stereocenters. The predicted molar refractivity (Wildman–Crippen MR) is 85.2 cm³/mol. The van der Waals surface area contributed by atoms with E-state index in [4.69, 9.17) is 9.84 Å². The van der Waals surface area contributed by atoms with Crippen LogP contribution in [-0.2, 0) is 19.7 Å². The lowest BCUT2D eigenvalue weighted by atomic mass is 9.77. The van der Waals surface area contributed by atoms with Gasteiger partial charge in [0.15, 0.2) is 0 Å². The molecular formula is C18H23NO4. The summed E-state index contributed by atoms with van der Waals surface area (Å²) in [6.45, 7) is 1.33. The second kappa shape index (κ2) is 6.71. The molecule has 23 heavy (non-hydrogen) atoms. The largest absolute Gasteiger partial charge is 0.481 e. The van der Waals surface area contributed by atoms with E-state index in [1.54, 1.807) is 0 Å². The van der Waals surface area contributed by atoms with Crippen molar-refractivity contribution in [2.45, 2.75) is 43.6 Å². The molecule has 5 nitrogen and oxygen atoms in total. The average molecular weight is 317 g/mol. The smallest absolute Gasteiger partial charge is 0.306 e. The molecule has 1 N–H and O–H groups in total. The van der Waals surface area contributed by atoms with Gasteiger partial charge in [-0.1, -0.05) is 43.2 Å². The van der Waals surface area contributed by atoms with Gasteiger partial charge < -0.3 is 14.7 Å². The van der Waals surface area contributed by atoms with Gasteiger partial charge in [0.2, 0.25) is 5.91 Å². The van der Waals surface area contributed by atoms with E-state index in [-0.39, 0.29) is 12.3 Å². The van der Waals surface area contributed by atoms with E-state index in [1.807, 2.05) is 35.2 Å². The number of carbonyl (C=O) groups is 2. The van der Waals surface area contributed by atoms with E-state index >= 15 is 0 Å². The van der Waals surface area contributed by atoms with Gasteiger partial charge in [0, 0.05) is 13.1 Å². The Morgan fingerprint density at radius 2 is 1.91 bits per heavy atom. The van der Waals surface area contributed by atoms with Crippen LogP contribution in [0.25, 0.3) is 0 Å². The number of rotatable bonds is 4. The van der Waals surface area contributed by atoms with Gasteiger partial charge in [-0.2, -0.15) is 0 Å². The van der Waals surface area contributed by atoms with Crippen LogP contribution < -0.4 is 0 Å². The molecule has 1 saturated carbocycles. The third-order valence-corrected chi connectivity index (χ3v) is 5.02. The molecule has 0 aromatic heterocycles. The lowest BCUT2D eigenvalue weighted by molar-refractivity contribution is -0.150. The van der Waals surface area contributed by atoms with Crippen LogP contribution in [0.2, 0.25) is 0 Å². The van der Waals surface area contributed by atoms with Crippen molar-refractivity contribution in [2.24, 2.45) is 0 Å². The first kappa shape index (κ1) is 16.0. The standard InChI is InChI=1S/C18H23NO4/c20-16(21)12-15-13-19(10-11-23-15)17(22)18(8-4-5-9-18)14-6-2-1-3-7-14/h1-3,6-7,15H,4-5,8-13H2,(H,20,21)/t15-/m1/s1. The summed E-state index contributed by atoms with van der Waals surface area (Å²) in [6, 6.07) is 10.0. The second-order valence-corrected chi connectivity index (χ2v) is 6.50. The number of benzene rings is 1. The summed E-state index contributed by atoms with van der Waals surface area (Å²) < 4.78 is 5.50. The van der Waals surface area contributed by atoms with Gasteiger partial charge >= 0.3 is 5.97 Å². The number of carboxylic acids is 1. The van der Waals surface area contributed by atoms with Crippen LogP contribution in [0.15, 0.2) is 30.3 Å². The highest BCUT2D eigenvalue weighted by Crippen LogP contribution is 2.42. The molecule has 2 aliphatic rings. The molecule has 5 heteroatoms. The summed E-state index contributed by atoms with van der Waals surface area (Å²) in [6.07, 6.45) is 3.41. The van der Waals surface area contributed by atoms with Crippen molar-refractivity contribution in [3.05, 3.63) is 35.9 Å². The molecule has 2 fully saturated rings. The highest BCUT2D eigenvalue weighted by Gasteiger charge is 2.45. The first-order chi connectivity index (χ1) is 11.1. The molecule has 124 valence electrons. The Hall–Kier alpha value is -1.88. The minimum Gasteiger partial charge on any atom is -0.481 e. The van der Waals surface area contributed by atoms with E-state index in [9.17, 15) is 9.59 Å². The highest BCUT2D eigenvalue weighted by molar-refractivity contribution is 5.88. The van der Waals surface area contributed by atoms with Crippen LogP contribution in [0.3, 0.4) is 0 Å². The molecule has 1 aromatic rings. The molecule has 1 aliphatic carbocycles. The summed E-state index contributed by atoms with van der Waals surface area (Å²) >= 11 is 0. The number of ether oxygens (including phenoxy) is 1. The Morgan fingerprint density at radius 1 is 1.22 bits per heavy atom. The predicted octanol–water partition coefficient (Wildman–Crippen LogP) is 2.20. The Bertz CT molecular complexity index is 566. The van der Waals surface area contributed by atoms with E-state index in [2.05, 4.69) is 0 Å². The molecule has 1 amide bonds. The van der Waals surface area contributed by atoms with Gasteiger partial charge in [0.25, 0.3) is 0 Å². The Balaban J connectivity index is 1.80. The molecule has 1 saturated heterocycles. The monoisotopic (exact) mass is 317 g/mol. The third-order valence-electron chi connectivity index (χ3n) is 5.02. The topological polar surface area (TPSA) is 66.8 Å². The molecular weight excluding hydrogens is 294 g/mol. The van der Waals surface area contributed by atoms with Gasteiger partial charge in [-0.25, -0.2) is 0 Å². The van der Waals surface area contributed by atoms with Crippen molar-refractivity contribution in [1.82, 2.24) is 4.90 Å². The summed E-state index contributed by atoms with van der Waals surface area (Å²) in [5.74, 6) is -0.747. The number of aliphatic carboxylic acids is 1. The van der Waals surface area contributed by atoms with Gasteiger partial charge in [-0.3, -0.25) is 9.59 Å². The van der Waals surface area contributed by atoms with Crippen LogP contribution in [0, 0.1) is 0 Å². The Kier molecular flexibility index (Phi) is 4.66. The number of carbonyl (C=O) groups excluding carboxylic acids is 1. The van der Waals surface area contributed by atoms with Crippen LogP contribution in [-0.4, -0.2) is 47.7 Å². The van der Waals surface area contributed by atoms with Crippen molar-refractivity contribution < 1.29 is 19.4 Å². The molecule has 1 heterocycles. The fraction of sp³-hybridized carbons (Fsp3) is 0.556. The first-order valence-electron chi connectivity index (χ1n) is 8.30. The van der Waals surface area contributed by atoms with Gasteiger partial charge in [0.05, 0.1) is 24.5 Å². The lowest BCUT2D eigenvalue weighted by Crippen LogP contribution is -2.52. The first-order valence-corrected chi connectivity index (χ1v) is 8.30. The lowest BCUT2D eigenvalue weighted by Gasteiger charge is -2.39. The molecule has 3 rings (SSSR count). The van der Waals surface area contributed by atoms with Crippen molar-refractivity contribution in [2.75, 3.05) is 19.7 Å². The zero-order valence-electron chi connectivity index (χ0n) is 13.2. The number of carboxylic acid groups (broad SMARTS) is 1. The quantitative estimate of drug-likeness (QED) is 0.924. The van der Waals surface area contributed by atoms with Crippen LogP contribution in [0.4, 0.5) is 0 Å². The highest BCUT2D eigenvalue weighted by atomic mass is 16.5. The number of hydrogen-bond donors (Lipinski definition) is 1. The number of amides is 1. The van der Waals surface area contributed by atoms with Crippen molar-refractivity contribution in [1.29, 1.82) is 0 Å². The minimum absolute atomic E-state index is 0.0535. The van der Waals surface area contributed by atoms with Crippen molar-refractivity contribution in [3.8, 4) is 0 Å². The van der Waals surface area contributed by atoms with Gasteiger partial charge in [0.1, 0.15) is 0 Å². The zero-order valence-corrected chi connectivity index (χ0v) is 13.2. The summed E-state index contributed by atoms with van der Waals surface area (Å²) in [5, 5.41) is 8.95. The van der Waals surface area contributed by atoms with E-state index in [1.165, 1.54) is 0 Å². The van der Waals surface area contributed by atoms with Crippen LogP contribution in [0.1, 0.15) is 37.7 Å². The van der Waals surface area contributed by atoms with Gasteiger partial charge in [-0.15, -0.1) is 0 Å². The Morgan fingerprint density at radius 3 is 2.57 bits per heavy atom. The molecule has 1 aliphatic heterocycles. The normalized spacial score (nSPS) is 23.7. The second-order valence-electron chi connectivity index (χ2n) is 6.50. The maximum Gasteiger partial charge on any atom is 0.306 e. The van der Waals surface area contributed by atoms with E-state index < -0.39 is 17.5 Å². The van der Waals surface area contributed by atoms with E-state index in [0.717, 1.165) is 31.2 Å². The maximum atomic E-state index is 13.3. The Labute approximate surface area is 136 Å². The maximum absolute atomic E-state index is 13.3. The van der Waals surface area contributed by atoms with Crippen LogP contribution in [0.5, 0.6) is 0 Å². The molecule has 0 radical (unpaired) electrons. The molecule has 0 spiro atoms. The third kappa shape index (κ3) is 3.24. The minimum atomic E-state index is -0.886. The zero-order chi connectivity index (χ0) is 16.3. The molecule has 1 aromatic carbocycles. The van der Waals surface area contributed by atoms with E-state index in [0.29, 0.717) is 19.7 Å². The average Bonchev–Trinajstić information content (AvgIpc) is 3.05. The SMILES string of the molecule is O=C(O)C[C@@H]1CN(C(=O)C2(c3ccccc3)CCCC2)CCO1. The van der Waals surface area contributed by atoms with Crippen molar-refractivity contribution >= 4 is 11.9 Å². The van der Waals surface area contributed by atoms with Gasteiger partial charge in [-0.05, 0) is 18.4 Å². The van der Waals surface area contributed by atoms with Crippen molar-refractivity contribution in [3.63, 3.8) is 0 Å². The summed E-state index contributed by atoms with van der Waals surface area (Å²) in [5.41, 5.74) is 0.649. The fourth-order valence-corrected chi connectivity index (χ4v) is 3.89. The molecule has 0 bridgehead atoms. The summed E-state index contributed by atoms with van der Waals surface area (Å²) in [7, 11) is 0. The number of morpholine rings is 1.